The van der Waals surface area contributed by atoms with E-state index >= 15 is 0 Å². The number of nitrogens with zero attached hydrogens (tertiary/aromatic N) is 6. The molecule has 0 unspecified atom stereocenters. The molecule has 0 atom stereocenters. The molecule has 1 aliphatic carbocycles. The first-order chi connectivity index (χ1) is 13.2. The predicted octanol–water partition coefficient (Wildman–Crippen LogP) is 2.32. The molecule has 0 saturated heterocycles. The Labute approximate surface area is 156 Å². The van der Waals surface area contributed by atoms with E-state index in [0.717, 1.165) is 36.0 Å². The van der Waals surface area contributed by atoms with E-state index < -0.39 is 0 Å². The molecule has 2 aliphatic rings. The summed E-state index contributed by atoms with van der Waals surface area (Å²) in [7, 11) is 1.87. The maximum Gasteiger partial charge on any atom is 0.217 e. The molecule has 2 aromatic heterocycles. The van der Waals surface area contributed by atoms with Crippen LogP contribution in [0.2, 0.25) is 0 Å². The van der Waals surface area contributed by atoms with Crippen LogP contribution in [-0.4, -0.2) is 31.1 Å². The van der Waals surface area contributed by atoms with E-state index in [2.05, 4.69) is 31.2 Å². The van der Waals surface area contributed by atoms with Gasteiger partial charge >= 0.3 is 0 Å². The van der Waals surface area contributed by atoms with Crippen molar-refractivity contribution in [2.45, 2.75) is 31.8 Å². The molecule has 1 aliphatic heterocycles. The number of rotatable bonds is 4. The van der Waals surface area contributed by atoms with Gasteiger partial charge in [-0.25, -0.2) is 4.68 Å². The molecule has 3 aromatic rings. The Morgan fingerprint density at radius 2 is 2.15 bits per heavy atom. The van der Waals surface area contributed by atoms with E-state index in [4.69, 9.17) is 4.74 Å². The molecule has 0 amide bonds. The molecule has 1 aromatic carbocycles. The highest BCUT2D eigenvalue weighted by Crippen LogP contribution is 2.41. The standard InChI is InChI=1S/C19H19N7O/c1-25-18(9-15(24-25)13-3-4-13)27-16-8-12(10-20)2-5-14(16)19-23-22-17-11-21-6-7-26(17)19/h2,5,8-9,13,21H,3-4,6-7,11H2,1H3. The number of nitriles is 1. The lowest BCUT2D eigenvalue weighted by Gasteiger charge is -2.17. The number of fused-ring (bicyclic) bond motifs is 1. The number of nitrogens with one attached hydrogen (secondary N) is 1. The molecular formula is C19H19N7O. The second-order valence-corrected chi connectivity index (χ2v) is 7.00. The molecule has 0 radical (unpaired) electrons. The first kappa shape index (κ1) is 16.0. The van der Waals surface area contributed by atoms with E-state index in [-0.39, 0.29) is 0 Å². The zero-order chi connectivity index (χ0) is 18.4. The van der Waals surface area contributed by atoms with Crippen LogP contribution in [0.25, 0.3) is 11.4 Å². The van der Waals surface area contributed by atoms with E-state index in [0.29, 0.717) is 29.7 Å². The third-order valence-corrected chi connectivity index (χ3v) is 5.04. The van der Waals surface area contributed by atoms with Crippen molar-refractivity contribution in [3.63, 3.8) is 0 Å². The Bertz CT molecular complexity index is 1050. The molecule has 1 fully saturated rings. The van der Waals surface area contributed by atoms with Gasteiger partial charge in [-0.15, -0.1) is 10.2 Å². The summed E-state index contributed by atoms with van der Waals surface area (Å²) in [5.74, 6) is 3.47. The van der Waals surface area contributed by atoms with Crippen molar-refractivity contribution >= 4 is 0 Å². The summed E-state index contributed by atoms with van der Waals surface area (Å²) in [4.78, 5) is 0. The molecule has 1 N–H and O–H groups in total. The zero-order valence-corrected chi connectivity index (χ0v) is 15.0. The summed E-state index contributed by atoms with van der Waals surface area (Å²) in [6, 6.07) is 9.58. The number of benzene rings is 1. The maximum absolute atomic E-state index is 9.32. The van der Waals surface area contributed by atoms with Crippen LogP contribution in [0.4, 0.5) is 0 Å². The van der Waals surface area contributed by atoms with Crippen LogP contribution in [0.3, 0.4) is 0 Å². The van der Waals surface area contributed by atoms with Gasteiger partial charge in [0.25, 0.3) is 0 Å². The van der Waals surface area contributed by atoms with Gasteiger partial charge in [0, 0.05) is 32.1 Å². The maximum atomic E-state index is 9.32. The Morgan fingerprint density at radius 1 is 1.26 bits per heavy atom. The second kappa shape index (κ2) is 6.21. The van der Waals surface area contributed by atoms with Crippen LogP contribution in [0, 0.1) is 11.3 Å². The predicted molar refractivity (Wildman–Crippen MR) is 97.1 cm³/mol. The number of aryl methyl sites for hydroxylation is 1. The fourth-order valence-electron chi connectivity index (χ4n) is 3.41. The summed E-state index contributed by atoms with van der Waals surface area (Å²) in [5, 5.41) is 25.8. The number of hydrogen-bond acceptors (Lipinski definition) is 6. The van der Waals surface area contributed by atoms with Gasteiger partial charge in [-0.2, -0.15) is 10.4 Å². The van der Waals surface area contributed by atoms with Crippen molar-refractivity contribution < 1.29 is 4.74 Å². The fourth-order valence-corrected chi connectivity index (χ4v) is 3.41. The zero-order valence-electron chi connectivity index (χ0n) is 15.0. The number of ether oxygens (including phenoxy) is 1. The van der Waals surface area contributed by atoms with Gasteiger partial charge in [-0.05, 0) is 31.0 Å². The monoisotopic (exact) mass is 361 g/mol. The van der Waals surface area contributed by atoms with E-state index in [1.807, 2.05) is 19.2 Å². The highest BCUT2D eigenvalue weighted by Gasteiger charge is 2.28. The Balaban J connectivity index is 1.57. The van der Waals surface area contributed by atoms with Crippen LogP contribution in [-0.2, 0) is 20.1 Å². The molecule has 136 valence electrons. The van der Waals surface area contributed by atoms with Crippen molar-refractivity contribution in [3.05, 3.63) is 41.3 Å². The molecule has 0 spiro atoms. The summed E-state index contributed by atoms with van der Waals surface area (Å²) < 4.78 is 10.1. The van der Waals surface area contributed by atoms with Gasteiger partial charge in [0.05, 0.1) is 29.4 Å². The largest absolute Gasteiger partial charge is 0.438 e. The minimum absolute atomic E-state index is 0.540. The first-order valence-corrected chi connectivity index (χ1v) is 9.12. The molecule has 3 heterocycles. The van der Waals surface area contributed by atoms with E-state index in [9.17, 15) is 5.26 Å². The molecular weight excluding hydrogens is 342 g/mol. The van der Waals surface area contributed by atoms with Crippen molar-refractivity contribution in [2.24, 2.45) is 7.05 Å². The van der Waals surface area contributed by atoms with Crippen LogP contribution >= 0.6 is 0 Å². The number of aromatic nitrogens is 5. The quantitative estimate of drug-likeness (QED) is 0.766. The highest BCUT2D eigenvalue weighted by atomic mass is 16.5. The van der Waals surface area contributed by atoms with Crippen molar-refractivity contribution in [1.29, 1.82) is 5.26 Å². The van der Waals surface area contributed by atoms with Crippen LogP contribution in [0.1, 0.15) is 35.8 Å². The lowest BCUT2D eigenvalue weighted by atomic mass is 10.1. The van der Waals surface area contributed by atoms with Gasteiger partial charge in [-0.3, -0.25) is 0 Å². The lowest BCUT2D eigenvalue weighted by Crippen LogP contribution is -2.28. The van der Waals surface area contributed by atoms with Gasteiger partial charge in [0.15, 0.2) is 5.82 Å². The fraction of sp³-hybridized carbons (Fsp3) is 0.368. The average Bonchev–Trinajstić information content (AvgIpc) is 3.36. The molecule has 0 bridgehead atoms. The molecule has 8 nitrogen and oxygen atoms in total. The normalized spacial score (nSPS) is 16.0. The first-order valence-electron chi connectivity index (χ1n) is 9.12. The summed E-state index contributed by atoms with van der Waals surface area (Å²) in [6.45, 7) is 2.37. The highest BCUT2D eigenvalue weighted by molar-refractivity contribution is 5.67. The smallest absolute Gasteiger partial charge is 0.217 e. The third kappa shape index (κ3) is 2.86. The third-order valence-electron chi connectivity index (χ3n) is 5.04. The van der Waals surface area contributed by atoms with Gasteiger partial charge in [0.1, 0.15) is 11.6 Å². The Kier molecular flexibility index (Phi) is 3.69. The molecule has 5 rings (SSSR count). The van der Waals surface area contributed by atoms with E-state index in [1.54, 1.807) is 16.8 Å². The second-order valence-electron chi connectivity index (χ2n) is 7.00. The van der Waals surface area contributed by atoms with Crippen molar-refractivity contribution in [2.75, 3.05) is 6.54 Å². The van der Waals surface area contributed by atoms with Crippen molar-refractivity contribution in [1.82, 2.24) is 29.9 Å². The molecule has 1 saturated carbocycles. The lowest BCUT2D eigenvalue weighted by molar-refractivity contribution is 0.431. The summed E-state index contributed by atoms with van der Waals surface area (Å²) >= 11 is 0. The SMILES string of the molecule is Cn1nc(C2CC2)cc1Oc1cc(C#N)ccc1-c1nnc2n1CCNC2. The van der Waals surface area contributed by atoms with Gasteiger partial charge in [-0.1, -0.05) is 0 Å². The number of hydrogen-bond donors (Lipinski definition) is 1. The van der Waals surface area contributed by atoms with Crippen molar-refractivity contribution in [3.8, 4) is 29.1 Å². The molecule has 8 heteroatoms. The van der Waals surface area contributed by atoms with Gasteiger partial charge in [0.2, 0.25) is 5.88 Å². The Morgan fingerprint density at radius 3 is 2.96 bits per heavy atom. The molecule has 27 heavy (non-hydrogen) atoms. The van der Waals surface area contributed by atoms with Gasteiger partial charge < -0.3 is 14.6 Å². The summed E-state index contributed by atoms with van der Waals surface area (Å²) in [6.07, 6.45) is 2.37. The minimum atomic E-state index is 0.540. The van der Waals surface area contributed by atoms with Crippen LogP contribution < -0.4 is 10.1 Å². The average molecular weight is 361 g/mol. The summed E-state index contributed by atoms with van der Waals surface area (Å²) in [5.41, 5.74) is 2.43. The topological polar surface area (TPSA) is 93.6 Å². The van der Waals surface area contributed by atoms with E-state index in [1.165, 1.54) is 12.8 Å². The Hall–Kier alpha value is -3.18. The minimum Gasteiger partial charge on any atom is -0.438 e. The van der Waals surface area contributed by atoms with Crippen LogP contribution in [0.15, 0.2) is 24.3 Å². The van der Waals surface area contributed by atoms with Crippen LogP contribution in [0.5, 0.6) is 11.6 Å².